The lowest BCUT2D eigenvalue weighted by Crippen LogP contribution is -2.56. The van der Waals surface area contributed by atoms with E-state index in [1.165, 1.54) is 5.56 Å². The Labute approximate surface area is 181 Å². The number of nitrogens with zero attached hydrogens (tertiary/aromatic N) is 2. The van der Waals surface area contributed by atoms with Crippen molar-refractivity contribution in [2.75, 3.05) is 19.7 Å². The molecule has 0 saturated carbocycles. The third-order valence-corrected chi connectivity index (χ3v) is 6.01. The van der Waals surface area contributed by atoms with E-state index in [4.69, 9.17) is 21.3 Å². The molecule has 2 aliphatic rings. The number of benzene rings is 2. The summed E-state index contributed by atoms with van der Waals surface area (Å²) in [6.45, 7) is 3.30. The van der Waals surface area contributed by atoms with Gasteiger partial charge in [-0.3, -0.25) is 10.3 Å². The number of amides is 1. The minimum absolute atomic E-state index is 0.0474. The van der Waals surface area contributed by atoms with Crippen LogP contribution in [0, 0.1) is 0 Å². The average Bonchev–Trinajstić information content (AvgIpc) is 2.76. The zero-order valence-corrected chi connectivity index (χ0v) is 17.7. The summed E-state index contributed by atoms with van der Waals surface area (Å²) in [6.07, 6.45) is 1.70. The lowest BCUT2D eigenvalue weighted by Gasteiger charge is -2.45. The van der Waals surface area contributed by atoms with E-state index < -0.39 is 5.66 Å². The summed E-state index contributed by atoms with van der Waals surface area (Å²) in [6, 6.07) is 15.3. The first-order valence-electron chi connectivity index (χ1n) is 10.3. The molecule has 2 N–H and O–H groups in total. The van der Waals surface area contributed by atoms with Crippen molar-refractivity contribution in [3.63, 3.8) is 0 Å². The van der Waals surface area contributed by atoms with E-state index in [1.54, 1.807) is 23.1 Å². The maximum Gasteiger partial charge on any atom is 0.409 e. The second-order valence-corrected chi connectivity index (χ2v) is 8.19. The summed E-state index contributed by atoms with van der Waals surface area (Å²) in [5.41, 5.74) is 2.15. The Morgan fingerprint density at radius 2 is 2.00 bits per heavy atom. The summed E-state index contributed by atoms with van der Waals surface area (Å²) < 4.78 is 5.15. The van der Waals surface area contributed by atoms with Crippen LogP contribution in [0.15, 0.2) is 53.5 Å². The highest BCUT2D eigenvalue weighted by atomic mass is 35.5. The normalized spacial score (nSPS) is 20.7. The number of hydrogen-bond acceptors (Lipinski definition) is 5. The van der Waals surface area contributed by atoms with Crippen LogP contribution >= 0.6 is 11.6 Å². The highest BCUT2D eigenvalue weighted by Crippen LogP contribution is 2.37. The molecule has 1 amide bonds. The molecule has 0 radical (unpaired) electrons. The van der Waals surface area contributed by atoms with Crippen LogP contribution in [0.2, 0.25) is 5.02 Å². The smallest absolute Gasteiger partial charge is 0.409 e. The molecule has 2 aliphatic heterocycles. The average molecular weight is 428 g/mol. The molecule has 2 heterocycles. The van der Waals surface area contributed by atoms with Crippen LogP contribution in [-0.4, -0.2) is 47.2 Å². The minimum Gasteiger partial charge on any atom is -0.507 e. The van der Waals surface area contributed by atoms with Crippen molar-refractivity contribution >= 4 is 23.4 Å². The van der Waals surface area contributed by atoms with Gasteiger partial charge in [-0.1, -0.05) is 41.9 Å². The highest BCUT2D eigenvalue weighted by Gasteiger charge is 2.41. The summed E-state index contributed by atoms with van der Waals surface area (Å²) in [7, 11) is 0. The lowest BCUT2D eigenvalue weighted by atomic mass is 9.87. The number of carbonyl (C=O) groups is 1. The van der Waals surface area contributed by atoms with Gasteiger partial charge in [0.25, 0.3) is 0 Å². The van der Waals surface area contributed by atoms with E-state index in [0.29, 0.717) is 49.5 Å². The number of rotatable bonds is 3. The van der Waals surface area contributed by atoms with Gasteiger partial charge < -0.3 is 14.7 Å². The summed E-state index contributed by atoms with van der Waals surface area (Å²) >= 11 is 6.21. The second kappa shape index (κ2) is 8.66. The van der Waals surface area contributed by atoms with Gasteiger partial charge in [0.05, 0.1) is 6.61 Å². The number of ether oxygens (including phenoxy) is 1. The number of carbonyl (C=O) groups excluding carboxylic acids is 1. The van der Waals surface area contributed by atoms with Crippen molar-refractivity contribution in [2.45, 2.75) is 37.9 Å². The van der Waals surface area contributed by atoms with E-state index in [1.807, 2.05) is 25.1 Å². The first-order valence-corrected chi connectivity index (χ1v) is 10.7. The standard InChI is InChI=1S/C23H26ClN3O3/c1-2-30-22(29)27-12-10-23(11-13-27)25-19(16-6-4-3-5-7-16)15-20(26-23)18-14-17(24)8-9-21(18)28/h3-9,14,19,25,28H,2,10-13,15H2,1H3/t19-/m1/s1. The van der Waals surface area contributed by atoms with Crippen LogP contribution in [0.3, 0.4) is 0 Å². The number of aromatic hydroxyl groups is 1. The Bertz CT molecular complexity index is 940. The Kier molecular flexibility index (Phi) is 5.97. The predicted octanol–water partition coefficient (Wildman–Crippen LogP) is 4.52. The van der Waals surface area contributed by atoms with Crippen LogP contribution < -0.4 is 5.32 Å². The van der Waals surface area contributed by atoms with Crippen molar-refractivity contribution in [3.8, 4) is 5.75 Å². The van der Waals surface area contributed by atoms with E-state index in [9.17, 15) is 9.90 Å². The van der Waals surface area contributed by atoms with Crippen molar-refractivity contribution in [1.29, 1.82) is 0 Å². The van der Waals surface area contributed by atoms with Gasteiger partial charge in [0.2, 0.25) is 0 Å². The number of phenols is 1. The molecule has 1 atom stereocenters. The van der Waals surface area contributed by atoms with E-state index >= 15 is 0 Å². The van der Waals surface area contributed by atoms with Crippen molar-refractivity contribution < 1.29 is 14.6 Å². The maximum absolute atomic E-state index is 12.1. The zero-order chi connectivity index (χ0) is 21.1. The van der Waals surface area contributed by atoms with Crippen molar-refractivity contribution in [2.24, 2.45) is 4.99 Å². The number of hydrogen-bond donors (Lipinski definition) is 2. The monoisotopic (exact) mass is 427 g/mol. The fraction of sp³-hybridized carbons (Fsp3) is 0.391. The molecule has 2 aromatic rings. The quantitative estimate of drug-likeness (QED) is 0.755. The summed E-state index contributed by atoms with van der Waals surface area (Å²) in [5.74, 6) is 0.172. The van der Waals surface area contributed by atoms with Crippen LogP contribution in [0.5, 0.6) is 5.75 Å². The van der Waals surface area contributed by atoms with Gasteiger partial charge >= 0.3 is 6.09 Å². The third kappa shape index (κ3) is 4.30. The Balaban J connectivity index is 1.66. The molecule has 0 unspecified atom stereocenters. The summed E-state index contributed by atoms with van der Waals surface area (Å²) in [4.78, 5) is 18.9. The first-order chi connectivity index (χ1) is 14.5. The number of phenolic OH excluding ortho intramolecular Hbond substituents is 1. The molecule has 1 spiro atoms. The predicted molar refractivity (Wildman–Crippen MR) is 117 cm³/mol. The van der Waals surface area contributed by atoms with Gasteiger partial charge in [0, 0.05) is 54.7 Å². The molecule has 0 aromatic heterocycles. The van der Waals surface area contributed by atoms with E-state index in [0.717, 1.165) is 5.71 Å². The Morgan fingerprint density at radius 1 is 1.27 bits per heavy atom. The largest absolute Gasteiger partial charge is 0.507 e. The van der Waals surface area contributed by atoms with Gasteiger partial charge in [-0.2, -0.15) is 0 Å². The second-order valence-electron chi connectivity index (χ2n) is 7.75. The molecule has 6 nitrogen and oxygen atoms in total. The van der Waals surface area contributed by atoms with Crippen molar-refractivity contribution in [1.82, 2.24) is 10.2 Å². The summed E-state index contributed by atoms with van der Waals surface area (Å²) in [5, 5.41) is 14.8. The number of likely N-dealkylation sites (tertiary alicyclic amines) is 1. The van der Waals surface area contributed by atoms with Gasteiger partial charge in [0.15, 0.2) is 0 Å². The maximum atomic E-state index is 12.1. The van der Waals surface area contributed by atoms with Crippen molar-refractivity contribution in [3.05, 3.63) is 64.7 Å². The molecule has 0 bridgehead atoms. The molecule has 7 heteroatoms. The SMILES string of the molecule is CCOC(=O)N1CCC2(CC1)N=C(c1cc(Cl)ccc1O)C[C@H](c1ccccc1)N2. The first kappa shape index (κ1) is 20.7. The zero-order valence-electron chi connectivity index (χ0n) is 17.0. The van der Waals surface area contributed by atoms with E-state index in [2.05, 4.69) is 17.4 Å². The molecule has 1 saturated heterocycles. The van der Waals surface area contributed by atoms with Crippen LogP contribution in [0.25, 0.3) is 0 Å². The number of aliphatic imine (C=N–C) groups is 1. The van der Waals surface area contributed by atoms with Gasteiger partial charge in [-0.05, 0) is 30.7 Å². The Morgan fingerprint density at radius 3 is 2.70 bits per heavy atom. The lowest BCUT2D eigenvalue weighted by molar-refractivity contribution is 0.0779. The third-order valence-electron chi connectivity index (χ3n) is 5.78. The minimum atomic E-state index is -0.508. The molecule has 0 aliphatic carbocycles. The fourth-order valence-electron chi connectivity index (χ4n) is 4.23. The molecule has 30 heavy (non-hydrogen) atoms. The van der Waals surface area contributed by atoms with Crippen LogP contribution in [0.1, 0.15) is 43.4 Å². The van der Waals surface area contributed by atoms with Gasteiger partial charge in [0.1, 0.15) is 11.4 Å². The molecule has 4 rings (SSSR count). The molecular formula is C23H26ClN3O3. The molecule has 1 fully saturated rings. The molecular weight excluding hydrogens is 402 g/mol. The van der Waals surface area contributed by atoms with Gasteiger partial charge in [-0.25, -0.2) is 4.79 Å². The number of halogens is 1. The van der Waals surface area contributed by atoms with Gasteiger partial charge in [-0.15, -0.1) is 0 Å². The molecule has 2 aromatic carbocycles. The molecule has 158 valence electrons. The van der Waals surface area contributed by atoms with Crippen LogP contribution in [0.4, 0.5) is 4.79 Å². The fourth-order valence-corrected chi connectivity index (χ4v) is 4.40. The highest BCUT2D eigenvalue weighted by molar-refractivity contribution is 6.31. The van der Waals surface area contributed by atoms with Crippen LogP contribution in [-0.2, 0) is 4.74 Å². The van der Waals surface area contributed by atoms with E-state index in [-0.39, 0.29) is 17.9 Å². The number of piperidine rings is 1. The Hall–Kier alpha value is -2.57. The topological polar surface area (TPSA) is 74.2 Å². The number of nitrogens with one attached hydrogen (secondary N) is 1.